The zero-order valence-electron chi connectivity index (χ0n) is 17.4. The van der Waals surface area contributed by atoms with Crippen LogP contribution in [0.15, 0.2) is 30.5 Å². The molecule has 8 nitrogen and oxygen atoms in total. The lowest BCUT2D eigenvalue weighted by Crippen LogP contribution is -2.27. The number of hydrogen-bond acceptors (Lipinski definition) is 6. The lowest BCUT2D eigenvalue weighted by Gasteiger charge is -2.17. The van der Waals surface area contributed by atoms with Gasteiger partial charge in [0.15, 0.2) is 6.61 Å². The third kappa shape index (κ3) is 7.12. The molecule has 2 heterocycles. The van der Waals surface area contributed by atoms with Crippen molar-refractivity contribution in [1.29, 1.82) is 0 Å². The average molecular weight is 440 g/mol. The minimum atomic E-state index is -4.52. The van der Waals surface area contributed by atoms with Crippen molar-refractivity contribution in [2.45, 2.75) is 33.0 Å². The minimum absolute atomic E-state index is 0.0242. The molecule has 0 spiro atoms. The van der Waals surface area contributed by atoms with Crippen LogP contribution in [0.25, 0.3) is 0 Å². The molecule has 2 aromatic rings. The summed E-state index contributed by atoms with van der Waals surface area (Å²) in [6.45, 7) is 3.72. The highest BCUT2D eigenvalue weighted by atomic mass is 19.4. The Morgan fingerprint density at radius 1 is 1.16 bits per heavy atom. The van der Waals surface area contributed by atoms with Crippen LogP contribution in [0.1, 0.15) is 42.7 Å². The molecule has 1 unspecified atom stereocenters. The number of pyridine rings is 2. The molecule has 168 valence electrons. The molecular weight excluding hydrogens is 417 g/mol. The molecule has 0 aliphatic carbocycles. The summed E-state index contributed by atoms with van der Waals surface area (Å²) in [6.07, 6.45) is -3.01. The zero-order valence-corrected chi connectivity index (χ0v) is 17.4. The van der Waals surface area contributed by atoms with Gasteiger partial charge < -0.3 is 20.1 Å². The van der Waals surface area contributed by atoms with Gasteiger partial charge in [-0.15, -0.1) is 0 Å². The molecule has 31 heavy (non-hydrogen) atoms. The molecule has 0 saturated carbocycles. The number of aromatic nitrogens is 2. The fraction of sp³-hybridized carbons (Fsp3) is 0.400. The summed E-state index contributed by atoms with van der Waals surface area (Å²) in [5.41, 5.74) is 0.704. The molecule has 2 N–H and O–H groups in total. The molecule has 0 aliphatic rings. The maximum Gasteiger partial charge on any atom is 0.422 e. The first-order chi connectivity index (χ1) is 14.5. The van der Waals surface area contributed by atoms with E-state index in [-0.39, 0.29) is 29.1 Å². The van der Waals surface area contributed by atoms with E-state index < -0.39 is 24.7 Å². The average Bonchev–Trinajstić information content (AvgIpc) is 2.71. The van der Waals surface area contributed by atoms with Gasteiger partial charge >= 0.3 is 6.18 Å². The number of ether oxygens (including phenoxy) is 2. The monoisotopic (exact) mass is 440 g/mol. The minimum Gasteiger partial charge on any atom is -0.480 e. The molecule has 0 aliphatic heterocycles. The lowest BCUT2D eigenvalue weighted by molar-refractivity contribution is -0.154. The van der Waals surface area contributed by atoms with E-state index in [1.54, 1.807) is 32.9 Å². The maximum absolute atomic E-state index is 12.7. The van der Waals surface area contributed by atoms with Gasteiger partial charge in [0.2, 0.25) is 17.7 Å². The Kier molecular flexibility index (Phi) is 7.78. The first kappa shape index (κ1) is 23.9. The van der Waals surface area contributed by atoms with Gasteiger partial charge in [0, 0.05) is 18.2 Å². The summed E-state index contributed by atoms with van der Waals surface area (Å²) in [5, 5.41) is 5.43. The first-order valence-electron chi connectivity index (χ1n) is 9.32. The van der Waals surface area contributed by atoms with Gasteiger partial charge in [-0.3, -0.25) is 9.59 Å². The van der Waals surface area contributed by atoms with Crippen molar-refractivity contribution >= 4 is 17.6 Å². The van der Waals surface area contributed by atoms with Crippen molar-refractivity contribution in [2.75, 3.05) is 19.0 Å². The Labute approximate surface area is 177 Å². The maximum atomic E-state index is 12.7. The predicted molar refractivity (Wildman–Crippen MR) is 106 cm³/mol. The number of methoxy groups -OCH3 is 1. The predicted octanol–water partition coefficient (Wildman–Crippen LogP) is 3.51. The molecule has 0 aromatic carbocycles. The van der Waals surface area contributed by atoms with Crippen LogP contribution in [0.2, 0.25) is 0 Å². The van der Waals surface area contributed by atoms with E-state index in [0.717, 1.165) is 6.07 Å². The topological polar surface area (TPSA) is 102 Å². The van der Waals surface area contributed by atoms with E-state index in [0.29, 0.717) is 11.4 Å². The third-order valence-corrected chi connectivity index (χ3v) is 4.06. The lowest BCUT2D eigenvalue weighted by atomic mass is 10.1. The molecule has 0 bridgehead atoms. The van der Waals surface area contributed by atoms with Crippen molar-refractivity contribution in [3.05, 3.63) is 41.6 Å². The summed E-state index contributed by atoms with van der Waals surface area (Å²) >= 11 is 0. The Hall–Kier alpha value is -3.37. The summed E-state index contributed by atoms with van der Waals surface area (Å²) in [6, 6.07) is 5.25. The fourth-order valence-corrected chi connectivity index (χ4v) is 2.40. The molecule has 11 heteroatoms. The van der Waals surface area contributed by atoms with Crippen LogP contribution in [0.4, 0.5) is 19.0 Å². The van der Waals surface area contributed by atoms with Gasteiger partial charge in [0.05, 0.1) is 13.2 Å². The number of carbonyl (C=O) groups is 2. The molecule has 1 atom stereocenters. The van der Waals surface area contributed by atoms with Gasteiger partial charge in [0.1, 0.15) is 11.4 Å². The van der Waals surface area contributed by atoms with Gasteiger partial charge in [-0.05, 0) is 30.7 Å². The third-order valence-electron chi connectivity index (χ3n) is 4.06. The number of nitrogens with zero attached hydrogens (tertiary/aromatic N) is 2. The summed E-state index contributed by atoms with van der Waals surface area (Å²) in [7, 11) is 1.24. The fourth-order valence-electron chi connectivity index (χ4n) is 2.40. The summed E-state index contributed by atoms with van der Waals surface area (Å²) < 4.78 is 46.5. The molecule has 2 amide bonds. The van der Waals surface area contributed by atoms with Crippen molar-refractivity contribution in [3.63, 3.8) is 0 Å². The largest absolute Gasteiger partial charge is 0.480 e. The second kappa shape index (κ2) is 10.1. The van der Waals surface area contributed by atoms with Crippen LogP contribution in [-0.4, -0.2) is 41.7 Å². The number of alkyl halides is 3. The second-order valence-corrected chi connectivity index (χ2v) is 6.92. The van der Waals surface area contributed by atoms with Gasteiger partial charge in [-0.2, -0.15) is 18.2 Å². The summed E-state index contributed by atoms with van der Waals surface area (Å²) in [4.78, 5) is 32.4. The molecular formula is C20H23F3N4O4. The molecule has 0 saturated heterocycles. The van der Waals surface area contributed by atoms with Crippen molar-refractivity contribution in [2.24, 2.45) is 5.92 Å². The van der Waals surface area contributed by atoms with Crippen LogP contribution in [0, 0.1) is 5.92 Å². The Balaban J connectivity index is 2.11. The number of hydrogen-bond donors (Lipinski definition) is 2. The smallest absolute Gasteiger partial charge is 0.422 e. The number of amides is 2. The van der Waals surface area contributed by atoms with E-state index in [1.165, 1.54) is 19.4 Å². The number of halogens is 3. The highest BCUT2D eigenvalue weighted by Gasteiger charge is 2.29. The number of anilines is 1. The van der Waals surface area contributed by atoms with E-state index >= 15 is 0 Å². The highest BCUT2D eigenvalue weighted by Crippen LogP contribution is 2.23. The second-order valence-electron chi connectivity index (χ2n) is 6.92. The van der Waals surface area contributed by atoms with E-state index in [9.17, 15) is 22.8 Å². The van der Waals surface area contributed by atoms with Gasteiger partial charge in [-0.1, -0.05) is 13.8 Å². The molecule has 0 radical (unpaired) electrons. The van der Waals surface area contributed by atoms with Crippen LogP contribution < -0.4 is 20.1 Å². The van der Waals surface area contributed by atoms with Gasteiger partial charge in [0.25, 0.3) is 5.91 Å². The Bertz CT molecular complexity index is 935. The van der Waals surface area contributed by atoms with Crippen molar-refractivity contribution in [1.82, 2.24) is 15.3 Å². The zero-order chi connectivity index (χ0) is 23.2. The number of nitrogens with one attached hydrogen (secondary N) is 2. The van der Waals surface area contributed by atoms with Crippen molar-refractivity contribution in [3.8, 4) is 11.8 Å². The van der Waals surface area contributed by atoms with E-state index in [1.807, 2.05) is 0 Å². The van der Waals surface area contributed by atoms with E-state index in [4.69, 9.17) is 4.74 Å². The van der Waals surface area contributed by atoms with Gasteiger partial charge in [-0.25, -0.2) is 4.98 Å². The molecule has 2 rings (SSSR count). The normalized spacial score (nSPS) is 12.3. The Morgan fingerprint density at radius 3 is 2.48 bits per heavy atom. The quantitative estimate of drug-likeness (QED) is 0.651. The Morgan fingerprint density at radius 2 is 1.87 bits per heavy atom. The SMILES string of the molecule is COc1nc(OCC(F)(F)F)ccc1C(=O)NC(C)c1ccnc(NC(=O)C(C)C)c1. The highest BCUT2D eigenvalue weighted by molar-refractivity contribution is 5.96. The van der Waals surface area contributed by atoms with Crippen LogP contribution >= 0.6 is 0 Å². The standard InChI is InChI=1S/C20H23F3N4O4/c1-11(2)17(28)26-15-9-13(7-8-24-15)12(3)25-18(29)14-5-6-16(27-19(14)30-4)31-10-20(21,22)23/h5-9,11-12H,10H2,1-4H3,(H,25,29)(H,24,26,28). The van der Waals surface area contributed by atoms with E-state index in [2.05, 4.69) is 25.3 Å². The van der Waals surface area contributed by atoms with Crippen LogP contribution in [-0.2, 0) is 4.79 Å². The summed E-state index contributed by atoms with van der Waals surface area (Å²) in [5.74, 6) is -1.11. The first-order valence-corrected chi connectivity index (χ1v) is 9.32. The van der Waals surface area contributed by atoms with Crippen LogP contribution in [0.3, 0.4) is 0 Å². The number of rotatable bonds is 8. The molecule has 2 aromatic heterocycles. The van der Waals surface area contributed by atoms with Crippen LogP contribution in [0.5, 0.6) is 11.8 Å². The van der Waals surface area contributed by atoms with Crippen molar-refractivity contribution < 1.29 is 32.2 Å². The molecule has 0 fully saturated rings. The number of carbonyl (C=O) groups excluding carboxylic acids is 2.